The fourth-order valence-corrected chi connectivity index (χ4v) is 1.67. The first-order valence-corrected chi connectivity index (χ1v) is 5.71. The minimum atomic E-state index is -0.715. The second kappa shape index (κ2) is 5.33. The zero-order valence-corrected chi connectivity index (χ0v) is 10.4. The Bertz CT molecular complexity index is 560. The number of hydrogen-bond donors (Lipinski definition) is 1. The maximum atomic E-state index is 12.9. The van der Waals surface area contributed by atoms with Crippen LogP contribution in [0, 0.1) is 5.82 Å². The van der Waals surface area contributed by atoms with E-state index in [1.54, 1.807) is 25.3 Å². The molecule has 3 nitrogen and oxygen atoms in total. The summed E-state index contributed by atoms with van der Waals surface area (Å²) in [6, 6.07) is 7.21. The minimum Gasteiger partial charge on any atom is -0.437 e. The number of aliphatic hydroxyl groups excluding tert-OH is 1. The van der Waals surface area contributed by atoms with Crippen molar-refractivity contribution < 1.29 is 14.2 Å². The molecule has 0 radical (unpaired) electrons. The van der Waals surface area contributed by atoms with Crippen LogP contribution in [0.5, 0.6) is 11.6 Å². The van der Waals surface area contributed by atoms with E-state index < -0.39 is 11.9 Å². The third-order valence-corrected chi connectivity index (χ3v) is 2.65. The van der Waals surface area contributed by atoms with E-state index in [4.69, 9.17) is 16.3 Å². The van der Waals surface area contributed by atoms with Gasteiger partial charge in [-0.05, 0) is 37.3 Å². The zero-order valence-electron chi connectivity index (χ0n) is 9.60. The highest BCUT2D eigenvalue weighted by Crippen LogP contribution is 2.32. The number of ether oxygens (including phenoxy) is 1. The highest BCUT2D eigenvalue weighted by molar-refractivity contribution is 6.32. The average Bonchev–Trinajstić information content (AvgIpc) is 2.33. The summed E-state index contributed by atoms with van der Waals surface area (Å²) < 4.78 is 18.4. The topological polar surface area (TPSA) is 42.4 Å². The van der Waals surface area contributed by atoms with Gasteiger partial charge in [-0.15, -0.1) is 0 Å². The van der Waals surface area contributed by atoms with E-state index in [2.05, 4.69) is 4.98 Å². The Kier molecular flexibility index (Phi) is 3.79. The van der Waals surface area contributed by atoms with Gasteiger partial charge in [0.1, 0.15) is 11.6 Å². The van der Waals surface area contributed by atoms with Gasteiger partial charge in [0.25, 0.3) is 0 Å². The summed E-state index contributed by atoms with van der Waals surface area (Å²) >= 11 is 5.86. The number of pyridine rings is 1. The fraction of sp³-hybridized carbons (Fsp3) is 0.154. The third kappa shape index (κ3) is 2.78. The van der Waals surface area contributed by atoms with Crippen LogP contribution < -0.4 is 4.74 Å². The van der Waals surface area contributed by atoms with Crippen LogP contribution in [0.2, 0.25) is 5.02 Å². The lowest BCUT2D eigenvalue weighted by Gasteiger charge is -2.12. The summed E-state index contributed by atoms with van der Waals surface area (Å²) in [7, 11) is 0. The van der Waals surface area contributed by atoms with E-state index in [1.807, 2.05) is 0 Å². The molecule has 0 spiro atoms. The van der Waals surface area contributed by atoms with E-state index in [-0.39, 0.29) is 10.9 Å². The van der Waals surface area contributed by atoms with Gasteiger partial charge in [-0.3, -0.25) is 0 Å². The normalized spacial score (nSPS) is 12.2. The molecule has 0 bridgehead atoms. The number of rotatable bonds is 3. The van der Waals surface area contributed by atoms with Gasteiger partial charge in [0.05, 0.1) is 11.1 Å². The summed E-state index contributed by atoms with van der Waals surface area (Å²) in [5.41, 5.74) is 0.540. The van der Waals surface area contributed by atoms with Gasteiger partial charge < -0.3 is 9.84 Å². The molecule has 0 amide bonds. The Morgan fingerprint density at radius 1 is 1.39 bits per heavy atom. The number of halogens is 2. The van der Waals surface area contributed by atoms with E-state index >= 15 is 0 Å². The second-order valence-electron chi connectivity index (χ2n) is 3.75. The molecule has 5 heteroatoms. The lowest BCUT2D eigenvalue weighted by Crippen LogP contribution is -1.98. The minimum absolute atomic E-state index is 0.150. The quantitative estimate of drug-likeness (QED) is 0.922. The fourth-order valence-electron chi connectivity index (χ4n) is 1.47. The summed E-state index contributed by atoms with van der Waals surface area (Å²) in [5.74, 6) is 0.101. The molecule has 18 heavy (non-hydrogen) atoms. The van der Waals surface area contributed by atoms with Crippen LogP contribution in [0.4, 0.5) is 4.39 Å². The number of aliphatic hydroxyl groups is 1. The van der Waals surface area contributed by atoms with Crippen LogP contribution in [-0.2, 0) is 0 Å². The monoisotopic (exact) mass is 267 g/mol. The van der Waals surface area contributed by atoms with Crippen molar-refractivity contribution in [1.29, 1.82) is 0 Å². The van der Waals surface area contributed by atoms with E-state index in [0.29, 0.717) is 11.3 Å². The Hall–Kier alpha value is -1.65. The van der Waals surface area contributed by atoms with E-state index in [9.17, 15) is 9.50 Å². The number of benzene rings is 1. The van der Waals surface area contributed by atoms with Gasteiger partial charge in [0, 0.05) is 11.8 Å². The molecule has 2 aromatic rings. The number of hydrogen-bond acceptors (Lipinski definition) is 3. The first-order valence-electron chi connectivity index (χ1n) is 5.34. The van der Waals surface area contributed by atoms with Gasteiger partial charge >= 0.3 is 0 Å². The predicted octanol–water partition coefficient (Wildman–Crippen LogP) is 3.72. The Morgan fingerprint density at radius 3 is 2.83 bits per heavy atom. The van der Waals surface area contributed by atoms with Gasteiger partial charge in [0.15, 0.2) is 0 Å². The molecule has 0 saturated carbocycles. The second-order valence-corrected chi connectivity index (χ2v) is 4.16. The van der Waals surface area contributed by atoms with Gasteiger partial charge in [-0.2, -0.15) is 0 Å². The van der Waals surface area contributed by atoms with Crippen molar-refractivity contribution in [3.63, 3.8) is 0 Å². The first kappa shape index (κ1) is 12.8. The van der Waals surface area contributed by atoms with Crippen molar-refractivity contribution in [3.8, 4) is 11.6 Å². The van der Waals surface area contributed by atoms with Crippen LogP contribution in [0.3, 0.4) is 0 Å². The zero-order chi connectivity index (χ0) is 13.1. The van der Waals surface area contributed by atoms with E-state index in [0.717, 1.165) is 6.07 Å². The molecule has 0 aliphatic heterocycles. The van der Waals surface area contributed by atoms with Crippen molar-refractivity contribution in [2.24, 2.45) is 0 Å². The van der Waals surface area contributed by atoms with Gasteiger partial charge in [-0.25, -0.2) is 9.37 Å². The lowest BCUT2D eigenvalue weighted by atomic mass is 10.2. The Balaban J connectivity index is 2.34. The molecule has 1 aromatic heterocycles. The maximum absolute atomic E-state index is 12.9. The molecule has 1 N–H and O–H groups in total. The van der Waals surface area contributed by atoms with Crippen molar-refractivity contribution in [2.75, 3.05) is 0 Å². The molecule has 1 atom stereocenters. The third-order valence-electron chi connectivity index (χ3n) is 2.35. The van der Waals surface area contributed by atoms with Crippen LogP contribution >= 0.6 is 11.6 Å². The van der Waals surface area contributed by atoms with Crippen LogP contribution in [0.25, 0.3) is 0 Å². The number of aromatic nitrogens is 1. The van der Waals surface area contributed by atoms with Crippen molar-refractivity contribution in [3.05, 3.63) is 52.9 Å². The number of nitrogens with zero attached hydrogens (tertiary/aromatic N) is 1. The molecular formula is C13H11ClFNO2. The summed E-state index contributed by atoms with van der Waals surface area (Å²) in [5, 5.41) is 9.73. The molecule has 1 aromatic carbocycles. The molecular weight excluding hydrogens is 257 g/mol. The lowest BCUT2D eigenvalue weighted by molar-refractivity contribution is 0.194. The van der Waals surface area contributed by atoms with Crippen molar-refractivity contribution >= 4 is 11.6 Å². The smallest absolute Gasteiger partial charge is 0.225 e. The highest BCUT2D eigenvalue weighted by Gasteiger charge is 2.12. The van der Waals surface area contributed by atoms with Crippen LogP contribution in [0.1, 0.15) is 18.6 Å². The Morgan fingerprint density at radius 2 is 2.17 bits per heavy atom. The maximum Gasteiger partial charge on any atom is 0.225 e. The van der Waals surface area contributed by atoms with E-state index in [1.165, 1.54) is 12.1 Å². The average molecular weight is 268 g/mol. The molecule has 1 heterocycles. The van der Waals surface area contributed by atoms with Gasteiger partial charge in [-0.1, -0.05) is 11.6 Å². The van der Waals surface area contributed by atoms with Crippen molar-refractivity contribution in [2.45, 2.75) is 13.0 Å². The standard InChI is InChI=1S/C13H11ClFNO2/c1-8(17)10-3-2-6-16-13(10)18-12-5-4-9(15)7-11(12)14/h2-8,17H,1H3/t8-/m0/s1. The molecule has 0 fully saturated rings. The highest BCUT2D eigenvalue weighted by atomic mass is 35.5. The molecule has 2 rings (SSSR count). The summed E-state index contributed by atoms with van der Waals surface area (Å²) in [4.78, 5) is 4.02. The summed E-state index contributed by atoms with van der Waals surface area (Å²) in [6.07, 6.45) is 0.825. The predicted molar refractivity (Wildman–Crippen MR) is 66.4 cm³/mol. The van der Waals surface area contributed by atoms with Crippen molar-refractivity contribution in [1.82, 2.24) is 4.98 Å². The van der Waals surface area contributed by atoms with Crippen LogP contribution in [-0.4, -0.2) is 10.1 Å². The van der Waals surface area contributed by atoms with Crippen LogP contribution in [0.15, 0.2) is 36.5 Å². The molecule has 0 aliphatic carbocycles. The molecule has 94 valence electrons. The molecule has 0 aliphatic rings. The summed E-state index contributed by atoms with van der Waals surface area (Å²) in [6.45, 7) is 1.61. The SMILES string of the molecule is C[C@H](O)c1cccnc1Oc1ccc(F)cc1Cl. The largest absolute Gasteiger partial charge is 0.437 e. The first-order chi connectivity index (χ1) is 8.58. The molecule has 0 unspecified atom stereocenters. The van der Waals surface area contributed by atoms with Gasteiger partial charge in [0.2, 0.25) is 5.88 Å². The Labute approximate surface area is 109 Å². The molecule has 0 saturated heterocycles.